The third-order valence-electron chi connectivity index (χ3n) is 3.95. The molecule has 28 heavy (non-hydrogen) atoms. The lowest BCUT2D eigenvalue weighted by molar-refractivity contribution is -0.141. The number of ether oxygens (including phenoxy) is 3. The van der Waals surface area contributed by atoms with Crippen LogP contribution < -0.4 is 4.74 Å². The minimum absolute atomic E-state index is 0.205. The Bertz CT molecular complexity index is 847. The van der Waals surface area contributed by atoms with Gasteiger partial charge in [-0.3, -0.25) is 9.13 Å². The van der Waals surface area contributed by atoms with E-state index in [1.165, 1.54) is 24.3 Å². The number of alkyl halides is 2. The van der Waals surface area contributed by atoms with E-state index in [9.17, 15) is 8.96 Å². The first-order chi connectivity index (χ1) is 13.4. The standard InChI is InChI=1S/C15H21FIN4O6P/c1-4-25-28(22,26-5-2)8-24-15-10(17)9(16)14(27-15)21-7-20-11-12(21)18-6-19-13(11)23-3/h6-7,9-10,14-15H,4-5,8H2,1-3H3/t9-,10+,14-,15+/m1/s1. The number of rotatable bonds is 9. The topological polar surface area (TPSA) is 107 Å². The van der Waals surface area contributed by atoms with Crippen LogP contribution in [0.25, 0.3) is 11.2 Å². The van der Waals surface area contributed by atoms with Gasteiger partial charge in [0.2, 0.25) is 5.88 Å². The van der Waals surface area contributed by atoms with E-state index in [4.69, 9.17) is 23.3 Å². The largest absolute Gasteiger partial charge is 0.479 e. The molecule has 156 valence electrons. The van der Waals surface area contributed by atoms with Crippen LogP contribution in [0.3, 0.4) is 0 Å². The van der Waals surface area contributed by atoms with Gasteiger partial charge >= 0.3 is 7.60 Å². The predicted octanol–water partition coefficient (Wildman–Crippen LogP) is 3.07. The first-order valence-corrected chi connectivity index (χ1v) is 11.6. The highest BCUT2D eigenvalue weighted by molar-refractivity contribution is 14.1. The van der Waals surface area contributed by atoms with Gasteiger partial charge in [-0.05, 0) is 13.8 Å². The van der Waals surface area contributed by atoms with E-state index in [1.807, 2.05) is 22.6 Å². The van der Waals surface area contributed by atoms with Gasteiger partial charge in [0.15, 0.2) is 36.2 Å². The lowest BCUT2D eigenvalue weighted by Crippen LogP contribution is -2.25. The number of nitrogens with zero attached hydrogens (tertiary/aromatic N) is 4. The van der Waals surface area contributed by atoms with Crippen molar-refractivity contribution >= 4 is 41.4 Å². The van der Waals surface area contributed by atoms with Gasteiger partial charge in [0.05, 0.1) is 30.6 Å². The summed E-state index contributed by atoms with van der Waals surface area (Å²) in [7, 11) is -1.97. The van der Waals surface area contributed by atoms with Gasteiger partial charge in [-0.15, -0.1) is 0 Å². The molecule has 0 unspecified atom stereocenters. The first kappa shape index (κ1) is 21.8. The molecule has 0 aromatic carbocycles. The molecular formula is C15H21FIN4O6P. The predicted molar refractivity (Wildman–Crippen MR) is 105 cm³/mol. The number of fused-ring (bicyclic) bond motifs is 1. The quantitative estimate of drug-likeness (QED) is 0.275. The van der Waals surface area contributed by atoms with E-state index >= 15 is 0 Å². The summed E-state index contributed by atoms with van der Waals surface area (Å²) in [6.45, 7) is 3.81. The van der Waals surface area contributed by atoms with Crippen molar-refractivity contribution in [3.8, 4) is 5.88 Å². The molecule has 1 aliphatic heterocycles. The molecule has 0 aliphatic carbocycles. The fourth-order valence-corrected chi connectivity index (χ4v) is 4.85. The molecule has 13 heteroatoms. The molecule has 2 aromatic heterocycles. The highest BCUT2D eigenvalue weighted by Gasteiger charge is 2.47. The average molecular weight is 530 g/mol. The second-order valence-electron chi connectivity index (χ2n) is 5.73. The second-order valence-corrected chi connectivity index (χ2v) is 9.17. The Balaban J connectivity index is 1.77. The van der Waals surface area contributed by atoms with Crippen LogP contribution in [0.1, 0.15) is 20.1 Å². The summed E-state index contributed by atoms with van der Waals surface area (Å²) < 4.78 is 55.1. The fraction of sp³-hybridized carbons (Fsp3) is 0.667. The molecule has 0 bridgehead atoms. The van der Waals surface area contributed by atoms with Crippen molar-refractivity contribution in [1.82, 2.24) is 19.5 Å². The Hall–Kier alpha value is -0.920. The highest BCUT2D eigenvalue weighted by atomic mass is 127. The van der Waals surface area contributed by atoms with Crippen LogP contribution in [0.5, 0.6) is 5.88 Å². The van der Waals surface area contributed by atoms with Crippen molar-refractivity contribution in [3.05, 3.63) is 12.7 Å². The summed E-state index contributed by atoms with van der Waals surface area (Å²) >= 11 is 1.90. The molecule has 0 radical (unpaired) electrons. The number of hydrogen-bond acceptors (Lipinski definition) is 9. The number of methoxy groups -OCH3 is 1. The van der Waals surface area contributed by atoms with Crippen molar-refractivity contribution in [3.63, 3.8) is 0 Å². The van der Waals surface area contributed by atoms with E-state index in [0.29, 0.717) is 11.2 Å². The molecule has 0 amide bonds. The van der Waals surface area contributed by atoms with Gasteiger partial charge in [0.1, 0.15) is 6.33 Å². The van der Waals surface area contributed by atoms with E-state index in [-0.39, 0.29) is 25.4 Å². The van der Waals surface area contributed by atoms with Gasteiger partial charge in [0.25, 0.3) is 0 Å². The maximum atomic E-state index is 15.0. The molecule has 1 aliphatic rings. The molecule has 10 nitrogen and oxygen atoms in total. The van der Waals surface area contributed by atoms with Crippen LogP contribution >= 0.6 is 30.2 Å². The minimum atomic E-state index is -3.43. The first-order valence-electron chi connectivity index (χ1n) is 8.59. The minimum Gasteiger partial charge on any atom is -0.479 e. The van der Waals surface area contributed by atoms with Crippen molar-refractivity contribution in [2.75, 3.05) is 26.7 Å². The van der Waals surface area contributed by atoms with Crippen LogP contribution in [0, 0.1) is 0 Å². The molecule has 0 spiro atoms. The van der Waals surface area contributed by atoms with Gasteiger partial charge in [-0.25, -0.2) is 14.4 Å². The third-order valence-corrected chi connectivity index (χ3v) is 6.99. The average Bonchev–Trinajstić information content (AvgIpc) is 3.22. The van der Waals surface area contributed by atoms with Crippen LogP contribution in [-0.2, 0) is 23.1 Å². The summed E-state index contributed by atoms with van der Waals surface area (Å²) in [5.74, 6) is 0.283. The second kappa shape index (κ2) is 9.26. The molecule has 1 fully saturated rings. The normalized spacial score (nSPS) is 25.5. The van der Waals surface area contributed by atoms with Crippen molar-refractivity contribution in [2.45, 2.75) is 36.5 Å². The van der Waals surface area contributed by atoms with Gasteiger partial charge in [0, 0.05) is 0 Å². The summed E-state index contributed by atoms with van der Waals surface area (Å²) in [5.41, 5.74) is 0.769. The Morgan fingerprint density at radius 2 is 2.00 bits per heavy atom. The van der Waals surface area contributed by atoms with E-state index in [2.05, 4.69) is 15.0 Å². The Morgan fingerprint density at radius 1 is 1.29 bits per heavy atom. The van der Waals surface area contributed by atoms with Crippen molar-refractivity contribution in [2.24, 2.45) is 0 Å². The number of halogens is 2. The summed E-state index contributed by atoms with van der Waals surface area (Å²) in [6, 6.07) is 0. The maximum absolute atomic E-state index is 15.0. The zero-order chi connectivity index (χ0) is 20.3. The molecule has 1 saturated heterocycles. The van der Waals surface area contributed by atoms with Crippen LogP contribution in [0.4, 0.5) is 4.39 Å². The zero-order valence-corrected chi connectivity index (χ0v) is 18.6. The SMILES string of the molecule is CCOP(=O)(CO[C@H]1O[C@@H](n2cnc3c(OC)ncnc32)[C@H](F)[C@@H]1I)OCC. The Labute approximate surface area is 174 Å². The van der Waals surface area contributed by atoms with Crippen LogP contribution in [0.15, 0.2) is 12.7 Å². The maximum Gasteiger partial charge on any atom is 0.356 e. The Kier molecular flexibility index (Phi) is 7.21. The molecular weight excluding hydrogens is 509 g/mol. The zero-order valence-electron chi connectivity index (χ0n) is 15.5. The van der Waals surface area contributed by atoms with Gasteiger partial charge in [-0.1, -0.05) is 22.6 Å². The molecule has 2 aromatic rings. The molecule has 0 N–H and O–H groups in total. The van der Waals surface area contributed by atoms with Gasteiger partial charge in [-0.2, -0.15) is 4.98 Å². The number of imidazole rings is 1. The number of hydrogen-bond donors (Lipinski definition) is 0. The van der Waals surface area contributed by atoms with Crippen molar-refractivity contribution in [1.29, 1.82) is 0 Å². The smallest absolute Gasteiger partial charge is 0.356 e. The van der Waals surface area contributed by atoms with Crippen LogP contribution in [-0.4, -0.2) is 62.6 Å². The van der Waals surface area contributed by atoms with E-state index < -0.39 is 30.2 Å². The van der Waals surface area contributed by atoms with E-state index in [1.54, 1.807) is 13.8 Å². The molecule has 4 atom stereocenters. The lowest BCUT2D eigenvalue weighted by Gasteiger charge is -2.20. The van der Waals surface area contributed by atoms with Crippen molar-refractivity contribution < 1.29 is 32.2 Å². The molecule has 3 rings (SSSR count). The summed E-state index contributed by atoms with van der Waals surface area (Å²) in [6.07, 6.45) is -0.999. The monoisotopic (exact) mass is 530 g/mol. The summed E-state index contributed by atoms with van der Waals surface area (Å²) in [5, 5.41) is 0. The van der Waals surface area contributed by atoms with Gasteiger partial charge < -0.3 is 23.3 Å². The fourth-order valence-electron chi connectivity index (χ4n) is 2.78. The third kappa shape index (κ3) is 4.31. The molecule has 3 heterocycles. The lowest BCUT2D eigenvalue weighted by atomic mass is 10.3. The van der Waals surface area contributed by atoms with Crippen LogP contribution in [0.2, 0.25) is 0 Å². The Morgan fingerprint density at radius 3 is 2.64 bits per heavy atom. The molecule has 0 saturated carbocycles. The summed E-state index contributed by atoms with van der Waals surface area (Å²) in [4.78, 5) is 12.3. The highest BCUT2D eigenvalue weighted by Crippen LogP contribution is 2.49. The van der Waals surface area contributed by atoms with E-state index in [0.717, 1.165) is 0 Å². The number of aromatic nitrogens is 4.